The first kappa shape index (κ1) is 11.7. The topological polar surface area (TPSA) is 66.0 Å². The molecule has 0 aliphatic rings. The van der Waals surface area contributed by atoms with Crippen LogP contribution in [0, 0.1) is 5.92 Å². The molecule has 4 nitrogen and oxygen atoms in total. The average molecular weight is 254 g/mol. The highest BCUT2D eigenvalue weighted by atomic mass is 16.4. The molecule has 0 aliphatic heterocycles. The fourth-order valence-electron chi connectivity index (χ4n) is 2.34. The van der Waals surface area contributed by atoms with Gasteiger partial charge in [0.25, 0.3) is 0 Å². The summed E-state index contributed by atoms with van der Waals surface area (Å²) in [6.45, 7) is 1.73. The number of benzene rings is 1. The highest BCUT2D eigenvalue weighted by molar-refractivity contribution is 6.05. The van der Waals surface area contributed by atoms with E-state index >= 15 is 0 Å². The van der Waals surface area contributed by atoms with Crippen molar-refractivity contribution in [1.82, 2.24) is 9.97 Å². The monoisotopic (exact) mass is 254 g/mol. The zero-order valence-electron chi connectivity index (χ0n) is 10.6. The number of aromatic nitrogens is 2. The van der Waals surface area contributed by atoms with Crippen LogP contribution in [0.25, 0.3) is 21.9 Å². The van der Waals surface area contributed by atoms with Crippen molar-refractivity contribution in [2.45, 2.75) is 13.3 Å². The van der Waals surface area contributed by atoms with Gasteiger partial charge in [-0.05, 0) is 36.2 Å². The smallest absolute Gasteiger partial charge is 0.306 e. The highest BCUT2D eigenvalue weighted by Gasteiger charge is 2.12. The Balaban J connectivity index is 2.09. The van der Waals surface area contributed by atoms with E-state index in [4.69, 9.17) is 5.11 Å². The van der Waals surface area contributed by atoms with Crippen molar-refractivity contribution in [2.75, 3.05) is 0 Å². The molecule has 0 saturated carbocycles. The third-order valence-electron chi connectivity index (χ3n) is 3.40. The standard InChI is InChI=1S/C15H14N2O2/c1-9(15(18)19)7-10-4-5-13-12(8-10)11-3-2-6-16-14(11)17-13/h2-6,8-9H,7H2,1H3,(H,16,17)(H,18,19). The number of rotatable bonds is 3. The van der Waals surface area contributed by atoms with Gasteiger partial charge in [-0.25, -0.2) is 4.98 Å². The highest BCUT2D eigenvalue weighted by Crippen LogP contribution is 2.25. The lowest BCUT2D eigenvalue weighted by Crippen LogP contribution is -2.12. The second-order valence-electron chi connectivity index (χ2n) is 4.85. The van der Waals surface area contributed by atoms with E-state index in [1.54, 1.807) is 13.1 Å². The number of pyridine rings is 1. The SMILES string of the molecule is CC(Cc1ccc2[nH]c3ncccc3c2c1)C(=O)O. The second kappa shape index (κ2) is 4.39. The first-order valence-corrected chi connectivity index (χ1v) is 6.23. The molecule has 2 heterocycles. The molecule has 0 aliphatic carbocycles. The Kier molecular flexibility index (Phi) is 2.71. The summed E-state index contributed by atoms with van der Waals surface area (Å²) in [5, 5.41) is 11.1. The Bertz CT molecular complexity index is 761. The molecular formula is C15H14N2O2. The molecule has 96 valence electrons. The molecule has 2 N–H and O–H groups in total. The van der Waals surface area contributed by atoms with E-state index in [-0.39, 0.29) is 5.92 Å². The number of hydrogen-bond acceptors (Lipinski definition) is 2. The molecule has 0 saturated heterocycles. The van der Waals surface area contributed by atoms with E-state index in [0.717, 1.165) is 27.5 Å². The molecule has 2 aromatic heterocycles. The van der Waals surface area contributed by atoms with Crippen molar-refractivity contribution in [1.29, 1.82) is 0 Å². The number of aromatic amines is 1. The first-order valence-electron chi connectivity index (χ1n) is 6.23. The van der Waals surface area contributed by atoms with Crippen LogP contribution in [0.2, 0.25) is 0 Å². The Morgan fingerprint density at radius 2 is 2.21 bits per heavy atom. The Labute approximate surface area is 110 Å². The number of carboxylic acid groups (broad SMARTS) is 1. The van der Waals surface area contributed by atoms with E-state index in [1.807, 2.05) is 24.3 Å². The molecule has 4 heteroatoms. The van der Waals surface area contributed by atoms with Crippen LogP contribution in [0.1, 0.15) is 12.5 Å². The number of H-pyrrole nitrogens is 1. The normalized spacial score (nSPS) is 12.9. The summed E-state index contributed by atoms with van der Waals surface area (Å²) in [7, 11) is 0. The molecule has 0 fully saturated rings. The van der Waals surface area contributed by atoms with Gasteiger partial charge in [0.05, 0.1) is 5.92 Å². The Morgan fingerprint density at radius 1 is 1.37 bits per heavy atom. The molecule has 19 heavy (non-hydrogen) atoms. The molecule has 0 spiro atoms. The second-order valence-corrected chi connectivity index (χ2v) is 4.85. The number of nitrogens with one attached hydrogen (secondary N) is 1. The van der Waals surface area contributed by atoms with Gasteiger partial charge in [0, 0.05) is 22.5 Å². The summed E-state index contributed by atoms with van der Waals surface area (Å²) in [4.78, 5) is 18.5. The summed E-state index contributed by atoms with van der Waals surface area (Å²) < 4.78 is 0. The van der Waals surface area contributed by atoms with Gasteiger partial charge in [0.2, 0.25) is 0 Å². The predicted octanol–water partition coefficient (Wildman–Crippen LogP) is 2.98. The quantitative estimate of drug-likeness (QED) is 0.755. The van der Waals surface area contributed by atoms with Gasteiger partial charge < -0.3 is 10.1 Å². The lowest BCUT2D eigenvalue weighted by molar-refractivity contribution is -0.141. The van der Waals surface area contributed by atoms with Crippen LogP contribution in [0.3, 0.4) is 0 Å². The molecule has 1 aromatic carbocycles. The predicted molar refractivity (Wildman–Crippen MR) is 74.1 cm³/mol. The summed E-state index contributed by atoms with van der Waals surface area (Å²) in [6, 6.07) is 9.93. The van der Waals surface area contributed by atoms with Crippen LogP contribution >= 0.6 is 0 Å². The largest absolute Gasteiger partial charge is 0.481 e. The van der Waals surface area contributed by atoms with Crippen LogP contribution in [0.4, 0.5) is 0 Å². The van der Waals surface area contributed by atoms with Gasteiger partial charge in [0.15, 0.2) is 0 Å². The van der Waals surface area contributed by atoms with Gasteiger partial charge in [0.1, 0.15) is 5.65 Å². The minimum absolute atomic E-state index is 0.374. The van der Waals surface area contributed by atoms with E-state index in [0.29, 0.717) is 6.42 Å². The Hall–Kier alpha value is -2.36. The van der Waals surface area contributed by atoms with Crippen molar-refractivity contribution >= 4 is 27.9 Å². The van der Waals surface area contributed by atoms with Crippen LogP contribution in [-0.4, -0.2) is 21.0 Å². The van der Waals surface area contributed by atoms with Crippen molar-refractivity contribution in [3.05, 3.63) is 42.1 Å². The molecule has 0 radical (unpaired) electrons. The molecule has 0 bridgehead atoms. The maximum atomic E-state index is 10.9. The van der Waals surface area contributed by atoms with E-state index < -0.39 is 5.97 Å². The minimum Gasteiger partial charge on any atom is -0.481 e. The lowest BCUT2D eigenvalue weighted by atomic mass is 10.00. The fraction of sp³-hybridized carbons (Fsp3) is 0.200. The van der Waals surface area contributed by atoms with E-state index in [2.05, 4.69) is 16.0 Å². The number of nitrogens with zero attached hydrogens (tertiary/aromatic N) is 1. The van der Waals surface area contributed by atoms with Crippen LogP contribution < -0.4 is 0 Å². The maximum absolute atomic E-state index is 10.9. The van der Waals surface area contributed by atoms with E-state index in [9.17, 15) is 4.79 Å². The third-order valence-corrected chi connectivity index (χ3v) is 3.40. The third kappa shape index (κ3) is 2.05. The first-order chi connectivity index (χ1) is 9.15. The fourth-order valence-corrected chi connectivity index (χ4v) is 2.34. The van der Waals surface area contributed by atoms with Gasteiger partial charge in [-0.2, -0.15) is 0 Å². The summed E-state index contributed by atoms with van der Waals surface area (Å²) in [5.41, 5.74) is 2.92. The van der Waals surface area contributed by atoms with Crippen molar-refractivity contribution in [2.24, 2.45) is 5.92 Å². The van der Waals surface area contributed by atoms with Crippen LogP contribution in [0.15, 0.2) is 36.5 Å². The summed E-state index contributed by atoms with van der Waals surface area (Å²) in [5.74, 6) is -1.14. The van der Waals surface area contributed by atoms with Crippen LogP contribution in [0.5, 0.6) is 0 Å². The summed E-state index contributed by atoms with van der Waals surface area (Å²) in [6.07, 6.45) is 2.29. The number of carboxylic acids is 1. The van der Waals surface area contributed by atoms with Gasteiger partial charge >= 0.3 is 5.97 Å². The minimum atomic E-state index is -0.763. The zero-order valence-corrected chi connectivity index (χ0v) is 10.6. The van der Waals surface area contributed by atoms with Gasteiger partial charge in [-0.3, -0.25) is 4.79 Å². The molecule has 1 unspecified atom stereocenters. The Morgan fingerprint density at radius 3 is 3.00 bits per heavy atom. The summed E-state index contributed by atoms with van der Waals surface area (Å²) >= 11 is 0. The van der Waals surface area contributed by atoms with Crippen molar-refractivity contribution < 1.29 is 9.90 Å². The van der Waals surface area contributed by atoms with E-state index in [1.165, 1.54) is 0 Å². The van der Waals surface area contributed by atoms with Crippen LogP contribution in [-0.2, 0) is 11.2 Å². The molecule has 0 amide bonds. The number of aliphatic carboxylic acids is 1. The zero-order chi connectivity index (χ0) is 13.4. The average Bonchev–Trinajstić information content (AvgIpc) is 2.76. The number of fused-ring (bicyclic) bond motifs is 3. The number of hydrogen-bond donors (Lipinski definition) is 2. The molecule has 3 rings (SSSR count). The number of carbonyl (C=O) groups is 1. The maximum Gasteiger partial charge on any atom is 0.306 e. The molecular weight excluding hydrogens is 240 g/mol. The molecule has 3 aromatic rings. The van der Waals surface area contributed by atoms with Crippen molar-refractivity contribution in [3.8, 4) is 0 Å². The van der Waals surface area contributed by atoms with Crippen molar-refractivity contribution in [3.63, 3.8) is 0 Å². The molecule has 1 atom stereocenters. The lowest BCUT2D eigenvalue weighted by Gasteiger charge is -2.06. The van der Waals surface area contributed by atoms with Gasteiger partial charge in [-0.1, -0.05) is 13.0 Å². The van der Waals surface area contributed by atoms with Gasteiger partial charge in [-0.15, -0.1) is 0 Å².